The standard InChI is InChI=1S/C13H13NO4/c1-3-18-13(17)11(12(15)16)8-9-4-6-10(14-2)7-5-9/h4-7,11H,3,8H2,1H3,(H,15,16). The summed E-state index contributed by atoms with van der Waals surface area (Å²) in [4.78, 5) is 25.7. The average molecular weight is 247 g/mol. The molecule has 0 saturated carbocycles. The molecule has 0 aliphatic heterocycles. The zero-order valence-corrected chi connectivity index (χ0v) is 9.92. The smallest absolute Gasteiger partial charge is 0.320 e. The van der Waals surface area contributed by atoms with E-state index >= 15 is 0 Å². The molecule has 0 spiro atoms. The van der Waals surface area contributed by atoms with Gasteiger partial charge in [-0.25, -0.2) is 4.85 Å². The monoisotopic (exact) mass is 247 g/mol. The molecular weight excluding hydrogens is 234 g/mol. The summed E-state index contributed by atoms with van der Waals surface area (Å²) < 4.78 is 4.71. The number of aliphatic carboxylic acids is 1. The van der Waals surface area contributed by atoms with Gasteiger partial charge in [0.2, 0.25) is 0 Å². The summed E-state index contributed by atoms with van der Waals surface area (Å²) in [7, 11) is 0. The minimum atomic E-state index is -1.21. The first kappa shape index (κ1) is 13.7. The van der Waals surface area contributed by atoms with Gasteiger partial charge in [-0.3, -0.25) is 9.59 Å². The van der Waals surface area contributed by atoms with E-state index in [1.165, 1.54) is 0 Å². The van der Waals surface area contributed by atoms with E-state index in [0.29, 0.717) is 11.3 Å². The van der Waals surface area contributed by atoms with E-state index in [9.17, 15) is 9.59 Å². The van der Waals surface area contributed by atoms with Gasteiger partial charge in [-0.15, -0.1) is 0 Å². The Labute approximate surface area is 105 Å². The quantitative estimate of drug-likeness (QED) is 0.491. The summed E-state index contributed by atoms with van der Waals surface area (Å²) >= 11 is 0. The molecule has 5 heteroatoms. The Morgan fingerprint density at radius 3 is 2.44 bits per heavy atom. The Bertz CT molecular complexity index is 473. The number of carbonyl (C=O) groups is 2. The number of nitrogens with zero attached hydrogens (tertiary/aromatic N) is 1. The van der Waals surface area contributed by atoms with Crippen molar-refractivity contribution in [2.45, 2.75) is 13.3 Å². The maximum absolute atomic E-state index is 11.5. The molecule has 1 atom stereocenters. The summed E-state index contributed by atoms with van der Waals surface area (Å²) in [5.74, 6) is -3.15. The highest BCUT2D eigenvalue weighted by molar-refractivity contribution is 5.94. The second-order valence-corrected chi connectivity index (χ2v) is 3.63. The molecule has 0 amide bonds. The van der Waals surface area contributed by atoms with Crippen molar-refractivity contribution in [2.24, 2.45) is 5.92 Å². The first-order valence-electron chi connectivity index (χ1n) is 5.44. The van der Waals surface area contributed by atoms with Crippen LogP contribution in [0.25, 0.3) is 4.85 Å². The van der Waals surface area contributed by atoms with Crippen LogP contribution >= 0.6 is 0 Å². The number of carbonyl (C=O) groups excluding carboxylic acids is 1. The number of carboxylic acid groups (broad SMARTS) is 1. The molecule has 18 heavy (non-hydrogen) atoms. The molecule has 0 heterocycles. The molecule has 0 aromatic heterocycles. The first-order valence-corrected chi connectivity index (χ1v) is 5.44. The van der Waals surface area contributed by atoms with Crippen LogP contribution in [0.2, 0.25) is 0 Å². The minimum absolute atomic E-state index is 0.0620. The van der Waals surface area contributed by atoms with Crippen LogP contribution in [-0.2, 0) is 20.7 Å². The molecule has 0 fully saturated rings. The molecule has 1 N–H and O–H groups in total. The van der Waals surface area contributed by atoms with Crippen molar-refractivity contribution in [1.82, 2.24) is 0 Å². The van der Waals surface area contributed by atoms with Gasteiger partial charge in [0.15, 0.2) is 11.6 Å². The van der Waals surface area contributed by atoms with Crippen molar-refractivity contribution in [1.29, 1.82) is 0 Å². The van der Waals surface area contributed by atoms with Crippen LogP contribution in [0.4, 0.5) is 5.69 Å². The summed E-state index contributed by atoms with van der Waals surface area (Å²) in [6, 6.07) is 6.46. The van der Waals surface area contributed by atoms with Crippen LogP contribution in [0.1, 0.15) is 12.5 Å². The molecular formula is C13H13NO4. The number of benzene rings is 1. The lowest BCUT2D eigenvalue weighted by Crippen LogP contribution is -2.27. The first-order chi connectivity index (χ1) is 8.58. The zero-order chi connectivity index (χ0) is 13.5. The molecule has 94 valence electrons. The van der Waals surface area contributed by atoms with E-state index in [1.54, 1.807) is 31.2 Å². The molecule has 0 radical (unpaired) electrons. The maximum atomic E-state index is 11.5. The van der Waals surface area contributed by atoms with Crippen molar-refractivity contribution >= 4 is 17.6 Å². The summed E-state index contributed by atoms with van der Waals surface area (Å²) in [5, 5.41) is 8.98. The number of esters is 1. The number of ether oxygens (including phenoxy) is 1. The molecule has 0 bridgehead atoms. The second-order valence-electron chi connectivity index (χ2n) is 3.63. The second kappa shape index (κ2) is 6.40. The van der Waals surface area contributed by atoms with Crippen molar-refractivity contribution in [3.63, 3.8) is 0 Å². The van der Waals surface area contributed by atoms with Crippen molar-refractivity contribution in [3.05, 3.63) is 41.2 Å². The van der Waals surface area contributed by atoms with Gasteiger partial charge in [0.25, 0.3) is 0 Å². The van der Waals surface area contributed by atoms with E-state index in [1.807, 2.05) is 0 Å². The lowest BCUT2D eigenvalue weighted by Gasteiger charge is -2.11. The SMILES string of the molecule is [C-]#[N+]c1ccc(CC(C(=O)O)C(=O)OCC)cc1. The average Bonchev–Trinajstić information content (AvgIpc) is 2.36. The Kier molecular flexibility index (Phi) is 4.88. The third kappa shape index (κ3) is 3.59. The van der Waals surface area contributed by atoms with Gasteiger partial charge in [-0.05, 0) is 18.9 Å². The van der Waals surface area contributed by atoms with E-state index in [2.05, 4.69) is 4.85 Å². The Hall–Kier alpha value is -2.35. The van der Waals surface area contributed by atoms with Crippen LogP contribution in [0, 0.1) is 12.5 Å². The lowest BCUT2D eigenvalue weighted by molar-refractivity contribution is -0.158. The van der Waals surface area contributed by atoms with Crippen molar-refractivity contribution < 1.29 is 19.4 Å². The fourth-order valence-corrected chi connectivity index (χ4v) is 1.46. The Morgan fingerprint density at radius 1 is 1.39 bits per heavy atom. The van der Waals surface area contributed by atoms with Gasteiger partial charge in [0, 0.05) is 0 Å². The third-order valence-corrected chi connectivity index (χ3v) is 2.37. The van der Waals surface area contributed by atoms with E-state index in [4.69, 9.17) is 16.4 Å². The summed E-state index contributed by atoms with van der Waals surface area (Å²) in [6.07, 6.45) is 0.0620. The fraction of sp³-hybridized carbons (Fsp3) is 0.308. The van der Waals surface area contributed by atoms with E-state index in [-0.39, 0.29) is 13.0 Å². The largest absolute Gasteiger partial charge is 0.481 e. The van der Waals surface area contributed by atoms with Gasteiger partial charge in [-0.2, -0.15) is 0 Å². The van der Waals surface area contributed by atoms with E-state index < -0.39 is 17.9 Å². The number of carboxylic acids is 1. The predicted molar refractivity (Wildman–Crippen MR) is 64.2 cm³/mol. The summed E-state index contributed by atoms with van der Waals surface area (Å²) in [5.41, 5.74) is 1.16. The van der Waals surface area contributed by atoms with Crippen LogP contribution in [0.15, 0.2) is 24.3 Å². The van der Waals surface area contributed by atoms with Crippen molar-refractivity contribution in [3.8, 4) is 0 Å². The lowest BCUT2D eigenvalue weighted by atomic mass is 9.99. The van der Waals surface area contributed by atoms with Crippen LogP contribution < -0.4 is 0 Å². The van der Waals surface area contributed by atoms with Crippen molar-refractivity contribution in [2.75, 3.05) is 6.61 Å². The van der Waals surface area contributed by atoms with E-state index in [0.717, 1.165) is 0 Å². The zero-order valence-electron chi connectivity index (χ0n) is 9.92. The molecule has 1 rings (SSSR count). The number of hydrogen-bond donors (Lipinski definition) is 1. The highest BCUT2D eigenvalue weighted by atomic mass is 16.5. The van der Waals surface area contributed by atoms with Gasteiger partial charge in [0.1, 0.15) is 0 Å². The third-order valence-electron chi connectivity index (χ3n) is 2.37. The molecule has 1 aromatic carbocycles. The number of hydrogen-bond acceptors (Lipinski definition) is 3. The normalized spacial score (nSPS) is 11.3. The predicted octanol–water partition coefficient (Wildman–Crippen LogP) is 2.04. The molecule has 1 aromatic rings. The fourth-order valence-electron chi connectivity index (χ4n) is 1.46. The Morgan fingerprint density at radius 2 is 2.00 bits per heavy atom. The number of rotatable bonds is 5. The maximum Gasteiger partial charge on any atom is 0.320 e. The topological polar surface area (TPSA) is 68.0 Å². The van der Waals surface area contributed by atoms with Gasteiger partial charge in [0.05, 0.1) is 13.2 Å². The highest BCUT2D eigenvalue weighted by Gasteiger charge is 2.27. The van der Waals surface area contributed by atoms with Gasteiger partial charge < -0.3 is 9.84 Å². The molecule has 5 nitrogen and oxygen atoms in total. The van der Waals surface area contributed by atoms with Crippen LogP contribution in [0.5, 0.6) is 0 Å². The summed E-state index contributed by atoms with van der Waals surface area (Å²) in [6.45, 7) is 8.58. The van der Waals surface area contributed by atoms with Crippen LogP contribution in [-0.4, -0.2) is 23.7 Å². The molecule has 0 aliphatic carbocycles. The molecule has 0 aliphatic rings. The van der Waals surface area contributed by atoms with Crippen LogP contribution in [0.3, 0.4) is 0 Å². The molecule has 1 unspecified atom stereocenters. The van der Waals surface area contributed by atoms with Gasteiger partial charge in [-0.1, -0.05) is 24.3 Å². The highest BCUT2D eigenvalue weighted by Crippen LogP contribution is 2.16. The van der Waals surface area contributed by atoms with Gasteiger partial charge >= 0.3 is 11.9 Å². The Balaban J connectivity index is 2.80. The minimum Gasteiger partial charge on any atom is -0.481 e. The molecule has 0 saturated heterocycles.